The van der Waals surface area contributed by atoms with Crippen LogP contribution in [0.4, 0.5) is 5.69 Å². The maximum Gasteiger partial charge on any atom is 0.262 e. The summed E-state index contributed by atoms with van der Waals surface area (Å²) in [5.41, 5.74) is 1.97. The minimum absolute atomic E-state index is 0.0210. The second-order valence-corrected chi connectivity index (χ2v) is 5.10. The topological polar surface area (TPSA) is 59.6 Å². The molecule has 102 valence electrons. The number of hydrogen-bond donors (Lipinski definition) is 2. The van der Waals surface area contributed by atoms with Gasteiger partial charge in [-0.05, 0) is 24.2 Å². The molecule has 0 aromatic heterocycles. The number of fused-ring (bicyclic) bond motifs is 1. The van der Waals surface area contributed by atoms with Crippen molar-refractivity contribution < 1.29 is 14.3 Å². The van der Waals surface area contributed by atoms with E-state index in [1.165, 1.54) is 5.56 Å². The molecule has 1 fully saturated rings. The molecular weight excluding hydrogens is 244 g/mol. The summed E-state index contributed by atoms with van der Waals surface area (Å²) in [5, 5.41) is 6.23. The second-order valence-electron chi connectivity index (χ2n) is 5.10. The maximum atomic E-state index is 11.4. The van der Waals surface area contributed by atoms with Gasteiger partial charge in [-0.3, -0.25) is 4.79 Å². The first-order chi connectivity index (χ1) is 9.23. The van der Waals surface area contributed by atoms with E-state index in [1.54, 1.807) is 0 Å². The zero-order valence-corrected chi connectivity index (χ0v) is 11.0. The highest BCUT2D eigenvalue weighted by Crippen LogP contribution is 2.37. The summed E-state index contributed by atoms with van der Waals surface area (Å²) < 4.78 is 10.8. The van der Waals surface area contributed by atoms with Crippen LogP contribution in [-0.4, -0.2) is 38.8 Å². The summed E-state index contributed by atoms with van der Waals surface area (Å²) >= 11 is 0. The van der Waals surface area contributed by atoms with Gasteiger partial charge in [-0.15, -0.1) is 0 Å². The quantitative estimate of drug-likeness (QED) is 0.846. The predicted octanol–water partition coefficient (Wildman–Crippen LogP) is 0.895. The highest BCUT2D eigenvalue weighted by Gasteiger charge is 2.40. The number of rotatable bonds is 4. The van der Waals surface area contributed by atoms with Crippen molar-refractivity contribution in [2.45, 2.75) is 12.3 Å². The predicted molar refractivity (Wildman–Crippen MR) is 71.6 cm³/mol. The highest BCUT2D eigenvalue weighted by molar-refractivity contribution is 5.95. The van der Waals surface area contributed by atoms with Gasteiger partial charge in [0.05, 0.1) is 24.3 Å². The van der Waals surface area contributed by atoms with Crippen LogP contribution in [0.25, 0.3) is 0 Å². The van der Waals surface area contributed by atoms with E-state index in [-0.39, 0.29) is 17.9 Å². The first kappa shape index (κ1) is 12.4. The largest absolute Gasteiger partial charge is 0.482 e. The van der Waals surface area contributed by atoms with Crippen molar-refractivity contribution in [3.8, 4) is 5.75 Å². The number of likely N-dealkylation sites (N-methyl/N-ethyl adjacent to an activating group) is 1. The zero-order chi connectivity index (χ0) is 13.3. The Morgan fingerprint density at radius 1 is 1.42 bits per heavy atom. The summed E-state index contributed by atoms with van der Waals surface area (Å²) in [7, 11) is 0. The zero-order valence-electron chi connectivity index (χ0n) is 11.0. The maximum absolute atomic E-state index is 11.4. The number of amides is 1. The Kier molecular flexibility index (Phi) is 3.16. The molecule has 0 bridgehead atoms. The molecule has 5 heteroatoms. The molecule has 2 aliphatic rings. The van der Waals surface area contributed by atoms with E-state index in [2.05, 4.69) is 23.6 Å². The molecule has 1 aromatic rings. The summed E-state index contributed by atoms with van der Waals surface area (Å²) in [6.07, 6.45) is 0. The van der Waals surface area contributed by atoms with Gasteiger partial charge in [0.15, 0.2) is 6.61 Å². The van der Waals surface area contributed by atoms with Crippen molar-refractivity contribution in [1.29, 1.82) is 0 Å². The van der Waals surface area contributed by atoms with E-state index in [4.69, 9.17) is 9.47 Å². The van der Waals surface area contributed by atoms with Crippen LogP contribution in [0.5, 0.6) is 5.75 Å². The lowest BCUT2D eigenvalue weighted by Crippen LogP contribution is -2.53. The lowest BCUT2D eigenvalue weighted by Gasteiger charge is -2.42. The molecule has 2 heterocycles. The average Bonchev–Trinajstić information content (AvgIpc) is 2.37. The Bertz CT molecular complexity index is 497. The molecule has 0 saturated carbocycles. The third-order valence-electron chi connectivity index (χ3n) is 3.69. The first-order valence-corrected chi connectivity index (χ1v) is 6.59. The normalized spacial score (nSPS) is 19.9. The van der Waals surface area contributed by atoms with Crippen molar-refractivity contribution in [2.75, 3.05) is 38.2 Å². The van der Waals surface area contributed by atoms with Crippen molar-refractivity contribution in [3.05, 3.63) is 23.8 Å². The van der Waals surface area contributed by atoms with E-state index < -0.39 is 0 Å². The van der Waals surface area contributed by atoms with Crippen molar-refractivity contribution in [3.63, 3.8) is 0 Å². The molecule has 0 radical (unpaired) electrons. The second kappa shape index (κ2) is 4.83. The van der Waals surface area contributed by atoms with Gasteiger partial charge in [-0.25, -0.2) is 0 Å². The smallest absolute Gasteiger partial charge is 0.262 e. The van der Waals surface area contributed by atoms with Gasteiger partial charge in [0.1, 0.15) is 5.75 Å². The number of hydrogen-bond acceptors (Lipinski definition) is 4. The molecule has 19 heavy (non-hydrogen) atoms. The van der Waals surface area contributed by atoms with Crippen LogP contribution in [0.1, 0.15) is 12.5 Å². The number of carbonyl (C=O) groups is 1. The average molecular weight is 262 g/mol. The molecule has 2 N–H and O–H groups in total. The van der Waals surface area contributed by atoms with Crippen LogP contribution < -0.4 is 15.4 Å². The molecular formula is C14H18N2O3. The van der Waals surface area contributed by atoms with Crippen molar-refractivity contribution in [1.82, 2.24) is 5.32 Å². The van der Waals surface area contributed by atoms with Crippen LogP contribution >= 0.6 is 0 Å². The monoisotopic (exact) mass is 262 g/mol. The van der Waals surface area contributed by atoms with Gasteiger partial charge in [-0.2, -0.15) is 0 Å². The van der Waals surface area contributed by atoms with Gasteiger partial charge in [0.25, 0.3) is 5.91 Å². The summed E-state index contributed by atoms with van der Waals surface area (Å²) in [4.78, 5) is 11.4. The van der Waals surface area contributed by atoms with Gasteiger partial charge in [0, 0.05) is 6.54 Å². The Hall–Kier alpha value is -1.59. The van der Waals surface area contributed by atoms with Crippen molar-refractivity contribution in [2.24, 2.45) is 0 Å². The minimum atomic E-state index is -0.102. The van der Waals surface area contributed by atoms with E-state index in [0.717, 1.165) is 24.5 Å². The molecule has 5 nitrogen and oxygen atoms in total. The Balaban J connectivity index is 1.88. The molecule has 2 aliphatic heterocycles. The fourth-order valence-corrected chi connectivity index (χ4v) is 2.50. The lowest BCUT2D eigenvalue weighted by molar-refractivity contribution is -0.118. The lowest BCUT2D eigenvalue weighted by atomic mass is 9.78. The third kappa shape index (κ3) is 2.19. The Labute approximate surface area is 112 Å². The summed E-state index contributed by atoms with van der Waals surface area (Å²) in [6.45, 7) is 5.44. The van der Waals surface area contributed by atoms with Gasteiger partial charge in [0.2, 0.25) is 0 Å². The number of nitrogens with one attached hydrogen (secondary N) is 2. The highest BCUT2D eigenvalue weighted by atomic mass is 16.5. The van der Waals surface area contributed by atoms with Crippen LogP contribution in [-0.2, 0) is 14.9 Å². The number of benzene rings is 1. The van der Waals surface area contributed by atoms with Gasteiger partial charge < -0.3 is 20.1 Å². The third-order valence-corrected chi connectivity index (χ3v) is 3.69. The summed E-state index contributed by atoms with van der Waals surface area (Å²) in [5.74, 6) is 0.637. The van der Waals surface area contributed by atoms with Crippen LogP contribution in [0.3, 0.4) is 0 Å². The minimum Gasteiger partial charge on any atom is -0.482 e. The number of ether oxygens (including phenoxy) is 2. The van der Waals surface area contributed by atoms with E-state index in [1.807, 2.05) is 12.1 Å². The molecule has 0 spiro atoms. The van der Waals surface area contributed by atoms with Crippen LogP contribution in [0, 0.1) is 0 Å². The van der Waals surface area contributed by atoms with E-state index in [9.17, 15) is 4.79 Å². The summed E-state index contributed by atoms with van der Waals surface area (Å²) in [6, 6.07) is 6.00. The Morgan fingerprint density at radius 2 is 2.26 bits per heavy atom. The molecule has 0 unspecified atom stereocenters. The first-order valence-electron chi connectivity index (χ1n) is 6.59. The molecule has 0 atom stereocenters. The Morgan fingerprint density at radius 3 is 2.95 bits per heavy atom. The number of carbonyl (C=O) groups excluding carboxylic acids is 1. The molecule has 1 amide bonds. The standard InChI is InChI=1S/C14H18N2O3/c1-2-15-7-14(8-18-9-14)10-3-4-12-11(5-10)16-13(17)6-19-12/h3-5,15H,2,6-9H2,1H3,(H,16,17). The fraction of sp³-hybridized carbons (Fsp3) is 0.500. The molecule has 0 aliphatic carbocycles. The molecule has 1 aromatic carbocycles. The molecule has 3 rings (SSSR count). The van der Waals surface area contributed by atoms with Gasteiger partial charge in [-0.1, -0.05) is 13.0 Å². The van der Waals surface area contributed by atoms with Crippen molar-refractivity contribution >= 4 is 11.6 Å². The molecule has 1 saturated heterocycles. The van der Waals surface area contributed by atoms with Crippen LogP contribution in [0.15, 0.2) is 18.2 Å². The fourth-order valence-electron chi connectivity index (χ4n) is 2.50. The number of anilines is 1. The van der Waals surface area contributed by atoms with Gasteiger partial charge >= 0.3 is 0 Å². The van der Waals surface area contributed by atoms with Crippen LogP contribution in [0.2, 0.25) is 0 Å². The van der Waals surface area contributed by atoms with E-state index in [0.29, 0.717) is 13.2 Å². The SMILES string of the molecule is CCNCC1(c2ccc3c(c2)NC(=O)CO3)COC1. The van der Waals surface area contributed by atoms with E-state index >= 15 is 0 Å².